The van der Waals surface area contributed by atoms with Crippen LogP contribution in [0, 0.1) is 0 Å². The van der Waals surface area contributed by atoms with Gasteiger partial charge in [-0.1, -0.05) is 41.8 Å². The predicted octanol–water partition coefficient (Wildman–Crippen LogP) is 2.43. The molecule has 0 aromatic carbocycles. The van der Waals surface area contributed by atoms with Crippen LogP contribution in [0.2, 0.25) is 0 Å². The van der Waals surface area contributed by atoms with Crippen LogP contribution in [0.5, 0.6) is 0 Å². The zero-order chi connectivity index (χ0) is 14.4. The number of carbonyl (C=O) groups excluding carboxylic acids is 1. The molecule has 1 aromatic heterocycles. The van der Waals surface area contributed by atoms with Crippen molar-refractivity contribution < 1.29 is 9.53 Å². The number of amides is 1. The first-order chi connectivity index (χ1) is 9.69. The summed E-state index contributed by atoms with van der Waals surface area (Å²) in [6.45, 7) is 5.40. The standard InChI is InChI=1S/C12H19N3O2S3/c1-3-18-11-14-15-12(20-11)19-8(2)10(16)13-7-9-5-4-6-17-9/h8-9H,3-7H2,1-2H3,(H,13,16). The first kappa shape index (κ1) is 16.1. The third-order valence-corrected chi connectivity index (χ3v) is 5.95. The summed E-state index contributed by atoms with van der Waals surface area (Å²) >= 11 is 4.68. The van der Waals surface area contributed by atoms with Gasteiger partial charge >= 0.3 is 0 Å². The molecule has 1 fully saturated rings. The molecule has 2 rings (SSSR count). The van der Waals surface area contributed by atoms with Crippen LogP contribution in [0.4, 0.5) is 0 Å². The number of thioether (sulfide) groups is 2. The summed E-state index contributed by atoms with van der Waals surface area (Å²) in [6, 6.07) is 0. The van der Waals surface area contributed by atoms with E-state index in [0.717, 1.165) is 33.9 Å². The molecular weight excluding hydrogens is 314 g/mol. The molecule has 0 saturated carbocycles. The molecule has 1 aliphatic rings. The monoisotopic (exact) mass is 333 g/mol. The Kier molecular flexibility index (Phi) is 6.60. The smallest absolute Gasteiger partial charge is 0.233 e. The fourth-order valence-corrected chi connectivity index (χ4v) is 4.88. The highest BCUT2D eigenvalue weighted by atomic mass is 32.2. The summed E-state index contributed by atoms with van der Waals surface area (Å²) < 4.78 is 7.30. The fourth-order valence-electron chi connectivity index (χ4n) is 1.79. The van der Waals surface area contributed by atoms with Crippen LogP contribution >= 0.6 is 34.9 Å². The zero-order valence-electron chi connectivity index (χ0n) is 11.6. The van der Waals surface area contributed by atoms with Crippen molar-refractivity contribution in [1.82, 2.24) is 15.5 Å². The number of hydrogen-bond donors (Lipinski definition) is 1. The molecule has 1 amide bonds. The van der Waals surface area contributed by atoms with E-state index >= 15 is 0 Å². The van der Waals surface area contributed by atoms with Crippen LogP contribution in [0.15, 0.2) is 8.68 Å². The zero-order valence-corrected chi connectivity index (χ0v) is 14.1. The highest BCUT2D eigenvalue weighted by Gasteiger charge is 2.20. The largest absolute Gasteiger partial charge is 0.376 e. The average Bonchev–Trinajstić information content (AvgIpc) is 3.08. The molecule has 0 bridgehead atoms. The first-order valence-electron chi connectivity index (χ1n) is 6.71. The molecule has 0 aliphatic carbocycles. The van der Waals surface area contributed by atoms with E-state index in [2.05, 4.69) is 22.4 Å². The van der Waals surface area contributed by atoms with E-state index in [4.69, 9.17) is 4.74 Å². The number of hydrogen-bond acceptors (Lipinski definition) is 7. The average molecular weight is 334 g/mol. The molecule has 0 spiro atoms. The lowest BCUT2D eigenvalue weighted by Gasteiger charge is -2.13. The second-order valence-electron chi connectivity index (χ2n) is 4.41. The van der Waals surface area contributed by atoms with Crippen LogP contribution in [0.25, 0.3) is 0 Å². The highest BCUT2D eigenvalue weighted by molar-refractivity contribution is 8.03. The van der Waals surface area contributed by atoms with Gasteiger partial charge < -0.3 is 10.1 Å². The molecule has 112 valence electrons. The Morgan fingerprint density at radius 3 is 3.05 bits per heavy atom. The topological polar surface area (TPSA) is 64.1 Å². The Hall–Kier alpha value is -0.310. The van der Waals surface area contributed by atoms with Gasteiger partial charge in [0.25, 0.3) is 0 Å². The summed E-state index contributed by atoms with van der Waals surface area (Å²) in [5.74, 6) is 1.02. The van der Waals surface area contributed by atoms with Crippen LogP contribution in [-0.4, -0.2) is 46.4 Å². The van der Waals surface area contributed by atoms with Crippen molar-refractivity contribution in [3.05, 3.63) is 0 Å². The van der Waals surface area contributed by atoms with Crippen LogP contribution in [0.3, 0.4) is 0 Å². The minimum absolute atomic E-state index is 0.0328. The lowest BCUT2D eigenvalue weighted by atomic mass is 10.2. The van der Waals surface area contributed by atoms with Crippen molar-refractivity contribution in [3.8, 4) is 0 Å². The Labute approximate surface area is 131 Å². The normalized spacial score (nSPS) is 20.0. The second kappa shape index (κ2) is 8.21. The van der Waals surface area contributed by atoms with Gasteiger partial charge in [0.2, 0.25) is 5.91 Å². The number of aromatic nitrogens is 2. The van der Waals surface area contributed by atoms with Crippen LogP contribution < -0.4 is 5.32 Å². The van der Waals surface area contributed by atoms with Gasteiger partial charge in [-0.3, -0.25) is 4.79 Å². The molecule has 5 nitrogen and oxygen atoms in total. The number of carbonyl (C=O) groups is 1. The summed E-state index contributed by atoms with van der Waals surface area (Å²) in [5.41, 5.74) is 0. The highest BCUT2D eigenvalue weighted by Crippen LogP contribution is 2.31. The van der Waals surface area contributed by atoms with Gasteiger partial charge in [0.15, 0.2) is 8.68 Å². The van der Waals surface area contributed by atoms with Gasteiger partial charge in [-0.15, -0.1) is 10.2 Å². The van der Waals surface area contributed by atoms with Gasteiger partial charge in [0.05, 0.1) is 11.4 Å². The van der Waals surface area contributed by atoms with Crippen LogP contribution in [-0.2, 0) is 9.53 Å². The number of nitrogens with one attached hydrogen (secondary N) is 1. The maximum atomic E-state index is 12.0. The minimum Gasteiger partial charge on any atom is -0.376 e. The number of nitrogens with zero attached hydrogens (tertiary/aromatic N) is 2. The Balaban J connectivity index is 1.74. The van der Waals surface area contributed by atoms with E-state index in [1.165, 1.54) is 11.8 Å². The molecule has 1 N–H and O–H groups in total. The number of rotatable bonds is 7. The van der Waals surface area contributed by atoms with Crippen molar-refractivity contribution in [2.75, 3.05) is 18.9 Å². The molecular formula is C12H19N3O2S3. The molecule has 1 aromatic rings. The van der Waals surface area contributed by atoms with Gasteiger partial charge in [-0.05, 0) is 25.5 Å². The first-order valence-corrected chi connectivity index (χ1v) is 9.39. The van der Waals surface area contributed by atoms with Crippen molar-refractivity contribution in [2.45, 2.75) is 46.7 Å². The molecule has 20 heavy (non-hydrogen) atoms. The quantitative estimate of drug-likeness (QED) is 0.773. The summed E-state index contributed by atoms with van der Waals surface area (Å²) in [7, 11) is 0. The van der Waals surface area contributed by atoms with E-state index in [1.54, 1.807) is 23.1 Å². The van der Waals surface area contributed by atoms with E-state index in [1.807, 2.05) is 6.92 Å². The second-order valence-corrected chi connectivity index (χ2v) is 8.48. The van der Waals surface area contributed by atoms with E-state index < -0.39 is 0 Å². The van der Waals surface area contributed by atoms with E-state index in [0.29, 0.717) is 6.54 Å². The van der Waals surface area contributed by atoms with Crippen molar-refractivity contribution in [3.63, 3.8) is 0 Å². The Morgan fingerprint density at radius 1 is 1.55 bits per heavy atom. The maximum absolute atomic E-state index is 12.0. The molecule has 2 heterocycles. The molecule has 2 unspecified atom stereocenters. The third-order valence-electron chi connectivity index (χ3n) is 2.83. The predicted molar refractivity (Wildman–Crippen MR) is 83.6 cm³/mol. The van der Waals surface area contributed by atoms with Crippen molar-refractivity contribution in [2.24, 2.45) is 0 Å². The summed E-state index contributed by atoms with van der Waals surface area (Å²) in [6.07, 6.45) is 2.31. The minimum atomic E-state index is -0.163. The summed E-state index contributed by atoms with van der Waals surface area (Å²) in [4.78, 5) is 12.0. The lowest BCUT2D eigenvalue weighted by molar-refractivity contribution is -0.120. The van der Waals surface area contributed by atoms with Gasteiger partial charge in [0.1, 0.15) is 0 Å². The molecule has 1 aliphatic heterocycles. The van der Waals surface area contributed by atoms with Gasteiger partial charge in [0, 0.05) is 13.2 Å². The van der Waals surface area contributed by atoms with E-state index in [9.17, 15) is 4.79 Å². The Morgan fingerprint density at radius 2 is 2.35 bits per heavy atom. The van der Waals surface area contributed by atoms with Crippen molar-refractivity contribution >= 4 is 40.8 Å². The molecule has 1 saturated heterocycles. The van der Waals surface area contributed by atoms with Gasteiger partial charge in [-0.2, -0.15) is 0 Å². The van der Waals surface area contributed by atoms with Crippen molar-refractivity contribution in [1.29, 1.82) is 0 Å². The molecule has 8 heteroatoms. The van der Waals surface area contributed by atoms with Crippen LogP contribution in [0.1, 0.15) is 26.7 Å². The molecule has 0 radical (unpaired) electrons. The summed E-state index contributed by atoms with van der Waals surface area (Å²) in [5, 5.41) is 11.0. The maximum Gasteiger partial charge on any atom is 0.233 e. The molecule has 2 atom stereocenters. The van der Waals surface area contributed by atoms with E-state index in [-0.39, 0.29) is 17.3 Å². The SMILES string of the molecule is CCSc1nnc(SC(C)C(=O)NCC2CCCO2)s1. The fraction of sp³-hybridized carbons (Fsp3) is 0.750. The Bertz CT molecular complexity index is 435. The lowest BCUT2D eigenvalue weighted by Crippen LogP contribution is -2.36. The third kappa shape index (κ3) is 4.91. The number of ether oxygens (including phenoxy) is 1. The van der Waals surface area contributed by atoms with Gasteiger partial charge in [-0.25, -0.2) is 0 Å².